The number of anilines is 1. The number of ether oxygens (including phenoxy) is 1. The van der Waals surface area contributed by atoms with Gasteiger partial charge in [0.05, 0.1) is 12.1 Å². The number of carbonyl (C=O) groups is 1. The normalized spacial score (nSPS) is 17.0. The fraction of sp³-hybridized carbons (Fsp3) is 0.462. The Labute approximate surface area is 218 Å². The first-order valence-corrected chi connectivity index (χ1v) is 12.9. The van der Waals surface area contributed by atoms with Crippen molar-refractivity contribution in [3.8, 4) is 0 Å². The lowest BCUT2D eigenvalue weighted by Gasteiger charge is -2.59. The molecule has 186 valence electrons. The zero-order valence-corrected chi connectivity index (χ0v) is 22.9. The van der Waals surface area contributed by atoms with E-state index in [4.69, 9.17) is 21.3 Å². The smallest absolute Gasteiger partial charge is 0.410 e. The van der Waals surface area contributed by atoms with E-state index in [1.165, 1.54) is 0 Å². The molecule has 2 fully saturated rings. The van der Waals surface area contributed by atoms with Crippen molar-refractivity contribution in [3.63, 3.8) is 0 Å². The van der Waals surface area contributed by atoms with Gasteiger partial charge < -0.3 is 19.1 Å². The van der Waals surface area contributed by atoms with E-state index in [0.29, 0.717) is 35.8 Å². The first kappa shape index (κ1) is 24.4. The molecule has 0 radical (unpaired) electrons. The molecule has 1 aromatic heterocycles. The highest BCUT2D eigenvalue weighted by Crippen LogP contribution is 2.43. The third kappa shape index (κ3) is 4.51. The van der Waals surface area contributed by atoms with Gasteiger partial charge in [-0.05, 0) is 79.4 Å². The summed E-state index contributed by atoms with van der Waals surface area (Å²) in [6.45, 7) is 12.8. The van der Waals surface area contributed by atoms with Crippen molar-refractivity contribution < 1.29 is 13.9 Å². The first-order chi connectivity index (χ1) is 16.3. The summed E-state index contributed by atoms with van der Waals surface area (Å²) in [5, 5.41) is 0.621. The van der Waals surface area contributed by atoms with Gasteiger partial charge >= 0.3 is 6.09 Å². The van der Waals surface area contributed by atoms with E-state index < -0.39 is 5.60 Å². The fourth-order valence-electron chi connectivity index (χ4n) is 5.17. The second-order valence-electron chi connectivity index (χ2n) is 11.0. The van der Waals surface area contributed by atoms with E-state index in [1.807, 2.05) is 45.0 Å². The minimum absolute atomic E-state index is 0.0673. The van der Waals surface area contributed by atoms with Crippen LogP contribution in [0.5, 0.6) is 0 Å². The molecule has 1 amide bonds. The Hall–Kier alpha value is -2.32. The molecule has 2 aromatic carbocycles. The number of halogens is 3. The predicted octanol–water partition coefficient (Wildman–Crippen LogP) is 6.31. The Kier molecular flexibility index (Phi) is 5.83. The van der Waals surface area contributed by atoms with Crippen LogP contribution in [-0.4, -0.2) is 52.3 Å². The standard InChI is InChI=1S/C26H29BrClFN4O2/c1-15-6-17(7-16(2)21(15)29)10-33-20-9-18(28)8-19(27)22(20)30-23(33)31-11-26(12-31)13-32(14-26)24(34)35-25(3,4)5/h6-9H,10-14H2,1-5H3. The maximum absolute atomic E-state index is 14.2. The van der Waals surface area contributed by atoms with Crippen molar-refractivity contribution in [1.29, 1.82) is 0 Å². The molecule has 2 aliphatic rings. The lowest BCUT2D eigenvalue weighted by atomic mass is 9.73. The number of fused-ring (bicyclic) bond motifs is 1. The lowest BCUT2D eigenvalue weighted by Crippen LogP contribution is -2.73. The molecule has 1 spiro atoms. The van der Waals surface area contributed by atoms with Gasteiger partial charge in [0.1, 0.15) is 16.9 Å². The average molecular weight is 564 g/mol. The Balaban J connectivity index is 1.41. The quantitative estimate of drug-likeness (QED) is 0.375. The van der Waals surface area contributed by atoms with E-state index in [0.717, 1.165) is 40.1 Å². The minimum Gasteiger partial charge on any atom is -0.444 e. The number of hydrogen-bond acceptors (Lipinski definition) is 4. The zero-order chi connectivity index (χ0) is 25.3. The summed E-state index contributed by atoms with van der Waals surface area (Å²) in [6.07, 6.45) is -0.255. The van der Waals surface area contributed by atoms with Gasteiger partial charge in [-0.2, -0.15) is 0 Å². The number of carbonyl (C=O) groups excluding carboxylic acids is 1. The Morgan fingerprint density at radius 3 is 2.37 bits per heavy atom. The second kappa shape index (κ2) is 8.37. The maximum Gasteiger partial charge on any atom is 0.410 e. The number of imidazole rings is 1. The van der Waals surface area contributed by atoms with Crippen LogP contribution in [0, 0.1) is 25.1 Å². The number of nitrogens with zero attached hydrogens (tertiary/aromatic N) is 4. The van der Waals surface area contributed by atoms with E-state index in [-0.39, 0.29) is 17.3 Å². The number of rotatable bonds is 3. The van der Waals surface area contributed by atoms with Crippen LogP contribution in [0.1, 0.15) is 37.5 Å². The summed E-state index contributed by atoms with van der Waals surface area (Å²) in [5.74, 6) is 0.684. The van der Waals surface area contributed by atoms with Crippen molar-refractivity contribution in [1.82, 2.24) is 14.5 Å². The van der Waals surface area contributed by atoms with Gasteiger partial charge in [-0.3, -0.25) is 0 Å². The summed E-state index contributed by atoms with van der Waals surface area (Å²) >= 11 is 10.0. The number of amides is 1. The zero-order valence-electron chi connectivity index (χ0n) is 20.6. The molecule has 2 saturated heterocycles. The average Bonchev–Trinajstić information content (AvgIpc) is 3.01. The highest BCUT2D eigenvalue weighted by Gasteiger charge is 2.55. The molecule has 0 unspecified atom stereocenters. The number of hydrogen-bond donors (Lipinski definition) is 0. The van der Waals surface area contributed by atoms with Crippen LogP contribution in [-0.2, 0) is 11.3 Å². The molecule has 0 atom stereocenters. The lowest BCUT2D eigenvalue weighted by molar-refractivity contribution is -0.0457. The van der Waals surface area contributed by atoms with Gasteiger partial charge in [-0.1, -0.05) is 23.7 Å². The summed E-state index contributed by atoms with van der Waals surface area (Å²) in [5.41, 5.74) is 3.59. The third-order valence-corrected chi connectivity index (χ3v) is 7.45. The molecule has 0 aliphatic carbocycles. The first-order valence-electron chi connectivity index (χ1n) is 11.7. The molecule has 6 nitrogen and oxygen atoms in total. The minimum atomic E-state index is -0.498. The van der Waals surface area contributed by atoms with Gasteiger partial charge in [0.25, 0.3) is 0 Å². The van der Waals surface area contributed by atoms with Crippen molar-refractivity contribution in [2.45, 2.75) is 46.8 Å². The van der Waals surface area contributed by atoms with E-state index in [1.54, 1.807) is 18.7 Å². The van der Waals surface area contributed by atoms with Crippen molar-refractivity contribution in [3.05, 3.63) is 56.3 Å². The molecule has 0 bridgehead atoms. The molecule has 3 aromatic rings. The summed E-state index contributed by atoms with van der Waals surface area (Å²) in [7, 11) is 0. The van der Waals surface area contributed by atoms with Crippen molar-refractivity contribution in [2.75, 3.05) is 31.1 Å². The Morgan fingerprint density at radius 2 is 1.77 bits per heavy atom. The van der Waals surface area contributed by atoms with Gasteiger partial charge in [0.2, 0.25) is 5.95 Å². The fourth-order valence-corrected chi connectivity index (χ4v) is 6.05. The molecule has 5 rings (SSSR count). The monoisotopic (exact) mass is 562 g/mol. The largest absolute Gasteiger partial charge is 0.444 e. The topological polar surface area (TPSA) is 50.6 Å². The van der Waals surface area contributed by atoms with Crippen LogP contribution in [0.15, 0.2) is 28.7 Å². The molecule has 2 aliphatic heterocycles. The van der Waals surface area contributed by atoms with Crippen LogP contribution < -0.4 is 4.90 Å². The molecular weight excluding hydrogens is 535 g/mol. The number of aromatic nitrogens is 2. The van der Waals surface area contributed by atoms with Crippen LogP contribution in [0.4, 0.5) is 15.1 Å². The number of likely N-dealkylation sites (tertiary alicyclic amines) is 1. The summed E-state index contributed by atoms with van der Waals surface area (Å²) < 4.78 is 22.7. The Bertz CT molecular complexity index is 1310. The molecule has 0 saturated carbocycles. The van der Waals surface area contributed by atoms with Crippen LogP contribution in [0.25, 0.3) is 11.0 Å². The van der Waals surface area contributed by atoms with Gasteiger partial charge in [0, 0.05) is 41.1 Å². The predicted molar refractivity (Wildman–Crippen MR) is 140 cm³/mol. The summed E-state index contributed by atoms with van der Waals surface area (Å²) in [4.78, 5) is 21.4. The third-order valence-electron chi connectivity index (χ3n) is 6.63. The van der Waals surface area contributed by atoms with Gasteiger partial charge in [0.15, 0.2) is 0 Å². The molecular formula is C26H29BrClFN4O2. The Morgan fingerprint density at radius 1 is 1.14 bits per heavy atom. The highest BCUT2D eigenvalue weighted by molar-refractivity contribution is 9.10. The molecule has 9 heteroatoms. The van der Waals surface area contributed by atoms with Crippen LogP contribution in [0.3, 0.4) is 0 Å². The van der Waals surface area contributed by atoms with Gasteiger partial charge in [-0.25, -0.2) is 14.2 Å². The van der Waals surface area contributed by atoms with Crippen molar-refractivity contribution >= 4 is 50.6 Å². The number of benzene rings is 2. The van der Waals surface area contributed by atoms with Crippen LogP contribution >= 0.6 is 27.5 Å². The second-order valence-corrected chi connectivity index (χ2v) is 12.3. The van der Waals surface area contributed by atoms with Crippen LogP contribution in [0.2, 0.25) is 5.02 Å². The van der Waals surface area contributed by atoms with Gasteiger partial charge in [-0.15, -0.1) is 0 Å². The number of aryl methyl sites for hydroxylation is 2. The van der Waals surface area contributed by atoms with E-state index in [2.05, 4.69) is 25.4 Å². The highest BCUT2D eigenvalue weighted by atomic mass is 79.9. The maximum atomic E-state index is 14.2. The van der Waals surface area contributed by atoms with Crippen molar-refractivity contribution in [2.24, 2.45) is 5.41 Å². The van der Waals surface area contributed by atoms with E-state index in [9.17, 15) is 9.18 Å². The SMILES string of the molecule is Cc1cc(Cn2c(N3CC4(CN(C(=O)OC(C)(C)C)C4)C3)nc3c(Br)cc(Cl)cc32)cc(C)c1F. The summed E-state index contributed by atoms with van der Waals surface area (Å²) in [6, 6.07) is 7.55. The molecule has 0 N–H and O–H groups in total. The van der Waals surface area contributed by atoms with E-state index >= 15 is 0 Å². The molecule has 35 heavy (non-hydrogen) atoms. The molecule has 3 heterocycles.